The van der Waals surface area contributed by atoms with Crippen LogP contribution >= 0.6 is 0 Å². The van der Waals surface area contributed by atoms with Crippen LogP contribution in [0, 0.1) is 16.0 Å². The maximum atomic E-state index is 14.0. The maximum Gasteiger partial charge on any atom is 0.269 e. The summed E-state index contributed by atoms with van der Waals surface area (Å²) in [5.41, 5.74) is 1.11. The summed E-state index contributed by atoms with van der Waals surface area (Å²) in [6.07, 6.45) is 5.45. The molecule has 12 heteroatoms. The summed E-state index contributed by atoms with van der Waals surface area (Å²) in [5.74, 6) is -0.808. The summed E-state index contributed by atoms with van der Waals surface area (Å²) < 4.78 is 5.74. The molecule has 12 nitrogen and oxygen atoms in total. The smallest absolute Gasteiger partial charge is 0.269 e. The molecule has 2 heterocycles. The number of nitrogens with one attached hydrogen (secondary N) is 1. The quantitative estimate of drug-likeness (QED) is 0.0808. The van der Waals surface area contributed by atoms with Crippen LogP contribution in [0.3, 0.4) is 0 Å². The summed E-state index contributed by atoms with van der Waals surface area (Å²) in [4.78, 5) is 42.2. The number of benzene rings is 3. The number of carbonyl (C=O) groups excluding carboxylic acids is 2. The van der Waals surface area contributed by atoms with E-state index in [4.69, 9.17) is 4.74 Å². The molecule has 1 unspecified atom stereocenters. The molecular formula is C36H42N4O8. The van der Waals surface area contributed by atoms with Crippen LogP contribution in [-0.2, 0) is 28.2 Å². The third-order valence-electron chi connectivity index (χ3n) is 8.87. The number of nitrogens with zero attached hydrogens (tertiary/aromatic N) is 3. The average molecular weight is 659 g/mol. The summed E-state index contributed by atoms with van der Waals surface area (Å²) in [5, 5.41) is 45.3. The van der Waals surface area contributed by atoms with Gasteiger partial charge in [-0.25, -0.2) is 0 Å². The van der Waals surface area contributed by atoms with Gasteiger partial charge in [0.05, 0.1) is 35.5 Å². The van der Waals surface area contributed by atoms with E-state index in [2.05, 4.69) is 5.32 Å². The van der Waals surface area contributed by atoms with Crippen molar-refractivity contribution in [3.05, 3.63) is 99.6 Å². The van der Waals surface area contributed by atoms with Crippen molar-refractivity contribution < 1.29 is 34.6 Å². The minimum atomic E-state index is -2.07. The van der Waals surface area contributed by atoms with E-state index in [9.17, 15) is 35.0 Å². The molecule has 254 valence electrons. The zero-order valence-electron chi connectivity index (χ0n) is 27.2. The lowest BCUT2D eigenvalue weighted by atomic mass is 9.82. The van der Waals surface area contributed by atoms with Gasteiger partial charge in [-0.3, -0.25) is 24.6 Å². The molecule has 2 aliphatic rings. The molecule has 2 aliphatic heterocycles. The molecule has 0 aliphatic carbocycles. The Labute approximate surface area is 279 Å². The molecule has 3 atom stereocenters. The minimum absolute atomic E-state index is 0.0356. The number of aliphatic hydroxyl groups excluding tert-OH is 2. The molecular weight excluding hydrogens is 616 g/mol. The fourth-order valence-electron chi connectivity index (χ4n) is 6.42. The number of ether oxygens (including phenoxy) is 1. The zero-order valence-corrected chi connectivity index (χ0v) is 27.2. The molecule has 48 heavy (non-hydrogen) atoms. The first-order chi connectivity index (χ1) is 23.1. The lowest BCUT2D eigenvalue weighted by Crippen LogP contribution is -2.49. The molecule has 2 amide bonds. The molecule has 0 saturated carbocycles. The fraction of sp³-hybridized carbons (Fsp3) is 0.389. The van der Waals surface area contributed by atoms with E-state index < -0.39 is 28.4 Å². The van der Waals surface area contributed by atoms with Gasteiger partial charge < -0.3 is 30.3 Å². The molecule has 0 aromatic heterocycles. The number of non-ortho nitro benzene ring substituents is 1. The number of anilines is 3. The number of nitro benzene ring substituents is 1. The lowest BCUT2D eigenvalue weighted by Gasteiger charge is -2.35. The van der Waals surface area contributed by atoms with Gasteiger partial charge in [-0.1, -0.05) is 31.2 Å². The first kappa shape index (κ1) is 34.7. The number of fused-ring (bicyclic) bond motifs is 2. The van der Waals surface area contributed by atoms with Crippen molar-refractivity contribution in [3.8, 4) is 5.75 Å². The van der Waals surface area contributed by atoms with Crippen LogP contribution in [0.1, 0.15) is 49.8 Å². The van der Waals surface area contributed by atoms with Crippen molar-refractivity contribution in [1.82, 2.24) is 5.32 Å². The lowest BCUT2D eigenvalue weighted by molar-refractivity contribution is -0.385. The second kappa shape index (κ2) is 15.1. The highest BCUT2D eigenvalue weighted by molar-refractivity contribution is 6.08. The van der Waals surface area contributed by atoms with E-state index in [-0.39, 0.29) is 36.9 Å². The topological polar surface area (TPSA) is 166 Å². The van der Waals surface area contributed by atoms with E-state index in [0.717, 1.165) is 17.7 Å². The maximum absolute atomic E-state index is 14.0. The second-order valence-electron chi connectivity index (χ2n) is 12.1. The normalized spacial score (nSPS) is 19.5. The highest BCUT2D eigenvalue weighted by atomic mass is 16.6. The Morgan fingerprint density at radius 3 is 2.60 bits per heavy atom. The van der Waals surface area contributed by atoms with E-state index in [0.29, 0.717) is 55.1 Å². The van der Waals surface area contributed by atoms with Crippen LogP contribution in [-0.4, -0.2) is 64.5 Å². The largest absolute Gasteiger partial charge is 0.494 e. The number of nitro groups is 1. The first-order valence-corrected chi connectivity index (χ1v) is 16.3. The van der Waals surface area contributed by atoms with Gasteiger partial charge in [0, 0.05) is 42.5 Å². The Morgan fingerprint density at radius 1 is 1.08 bits per heavy atom. The Morgan fingerprint density at radius 2 is 1.88 bits per heavy atom. The van der Waals surface area contributed by atoms with Crippen molar-refractivity contribution in [3.63, 3.8) is 0 Å². The summed E-state index contributed by atoms with van der Waals surface area (Å²) >= 11 is 0. The van der Waals surface area contributed by atoms with Crippen molar-refractivity contribution in [2.24, 2.45) is 5.92 Å². The van der Waals surface area contributed by atoms with Gasteiger partial charge in [0.25, 0.3) is 11.6 Å². The van der Waals surface area contributed by atoms with Crippen LogP contribution in [0.5, 0.6) is 5.75 Å². The Bertz CT molecular complexity index is 1690. The Balaban J connectivity index is 1.50. The van der Waals surface area contributed by atoms with Crippen LogP contribution in [0.4, 0.5) is 22.7 Å². The van der Waals surface area contributed by atoms with Gasteiger partial charge >= 0.3 is 0 Å². The third-order valence-corrected chi connectivity index (χ3v) is 8.87. The van der Waals surface area contributed by atoms with Gasteiger partial charge in [0.2, 0.25) is 5.91 Å². The van der Waals surface area contributed by atoms with Crippen molar-refractivity contribution in [2.75, 3.05) is 36.2 Å². The van der Waals surface area contributed by atoms with Gasteiger partial charge in [0.15, 0.2) is 5.60 Å². The monoisotopic (exact) mass is 658 g/mol. The van der Waals surface area contributed by atoms with Crippen LogP contribution in [0.15, 0.2) is 72.8 Å². The van der Waals surface area contributed by atoms with Gasteiger partial charge in [-0.05, 0) is 86.7 Å². The molecule has 0 fully saturated rings. The van der Waals surface area contributed by atoms with Crippen molar-refractivity contribution in [2.45, 2.75) is 57.7 Å². The molecule has 3 aromatic carbocycles. The molecule has 3 aromatic rings. The molecule has 4 N–H and O–H groups in total. The zero-order chi connectivity index (χ0) is 34.4. The number of unbranched alkanes of at least 4 members (excludes halogenated alkanes) is 1. The summed E-state index contributed by atoms with van der Waals surface area (Å²) in [6.45, 7) is 4.65. The summed E-state index contributed by atoms with van der Waals surface area (Å²) in [6, 6.07) is 16.4. The van der Waals surface area contributed by atoms with Gasteiger partial charge in [-0.15, -0.1) is 0 Å². The van der Waals surface area contributed by atoms with E-state index in [1.54, 1.807) is 30.0 Å². The van der Waals surface area contributed by atoms with Crippen LogP contribution < -0.4 is 19.9 Å². The number of amides is 2. The molecule has 0 bridgehead atoms. The van der Waals surface area contributed by atoms with Crippen LogP contribution in [0.2, 0.25) is 0 Å². The number of rotatable bonds is 15. The van der Waals surface area contributed by atoms with Crippen LogP contribution in [0.25, 0.3) is 0 Å². The summed E-state index contributed by atoms with van der Waals surface area (Å²) in [7, 11) is 0. The SMILES string of the molecule is CCOc1ccc2c(c1)CC(NCCCCO)C(=O)N2c1cccc(CN2C(=O)[C@@](O)([C@@H](C)/C=C/CCO)c3cc([N+](=O)[O-])ccc32)c1. The number of hydrogen-bond acceptors (Lipinski definition) is 9. The predicted octanol–water partition coefficient (Wildman–Crippen LogP) is 4.25. The second-order valence-corrected chi connectivity index (χ2v) is 12.1. The Hall–Kier alpha value is -4.62. The Kier molecular flexibility index (Phi) is 10.9. The molecule has 0 spiro atoms. The predicted molar refractivity (Wildman–Crippen MR) is 181 cm³/mol. The third kappa shape index (κ3) is 6.83. The number of carbonyl (C=O) groups is 2. The molecule has 0 saturated heterocycles. The number of aliphatic hydroxyl groups is 3. The van der Waals surface area contributed by atoms with E-state index >= 15 is 0 Å². The minimum Gasteiger partial charge on any atom is -0.494 e. The molecule has 5 rings (SSSR count). The molecule has 0 radical (unpaired) electrons. The van der Waals surface area contributed by atoms with Crippen molar-refractivity contribution >= 4 is 34.6 Å². The highest BCUT2D eigenvalue weighted by Crippen LogP contribution is 2.47. The number of hydrogen-bond donors (Lipinski definition) is 4. The van der Waals surface area contributed by atoms with E-state index in [1.165, 1.54) is 23.1 Å². The first-order valence-electron chi connectivity index (χ1n) is 16.3. The van der Waals surface area contributed by atoms with E-state index in [1.807, 2.05) is 43.3 Å². The van der Waals surface area contributed by atoms with Crippen molar-refractivity contribution in [1.29, 1.82) is 0 Å². The fourth-order valence-corrected chi connectivity index (χ4v) is 6.42. The standard InChI is InChI=1S/C36H42N4O8/c1-3-48-29-13-15-32-26(20-29)21-31(37-16-5-7-18-42)34(43)39(32)27-11-8-10-25(19-27)23-38-33-14-12-28(40(46)47)22-30(33)36(45,35(38)44)24(2)9-4-6-17-41/h4,8-15,19-20,22,24,31,37,41-42,45H,3,5-7,16-18,21,23H2,1-2H3/b9-4+/t24-,31?,36+/m0/s1. The van der Waals surface area contributed by atoms with Gasteiger partial charge in [-0.2, -0.15) is 0 Å². The van der Waals surface area contributed by atoms with Gasteiger partial charge in [0.1, 0.15) is 5.75 Å². The average Bonchev–Trinajstić information content (AvgIpc) is 3.29. The highest BCUT2D eigenvalue weighted by Gasteiger charge is 2.53.